The predicted octanol–water partition coefficient (Wildman–Crippen LogP) is 6.88. The summed E-state index contributed by atoms with van der Waals surface area (Å²) in [6, 6.07) is 15.7. The highest BCUT2D eigenvalue weighted by Crippen LogP contribution is 2.33. The topological polar surface area (TPSA) is 84.3 Å². The van der Waals surface area contributed by atoms with Gasteiger partial charge in [0.1, 0.15) is 17.2 Å². The number of nitrogens with zero attached hydrogens (tertiary/aromatic N) is 4. The number of hydrogen-bond acceptors (Lipinski definition) is 6. The Bertz CT molecular complexity index is 1510. The molecule has 8 nitrogen and oxygen atoms in total. The molecule has 9 heteroatoms. The molecular formula is C30H39BrN6O2. The van der Waals surface area contributed by atoms with Crippen LogP contribution < -0.4 is 15.4 Å². The van der Waals surface area contributed by atoms with Crippen LogP contribution in [0.15, 0.2) is 59.2 Å². The van der Waals surface area contributed by atoms with E-state index in [1.54, 1.807) is 18.3 Å². The largest absolute Gasteiger partial charge is 0.457 e. The van der Waals surface area contributed by atoms with Gasteiger partial charge in [0, 0.05) is 44.4 Å². The number of halogens is 1. The number of imidazole rings is 1. The normalized spacial score (nSPS) is 14.9. The number of rotatable bonds is 6. The van der Waals surface area contributed by atoms with Gasteiger partial charge in [-0.25, -0.2) is 4.98 Å². The lowest BCUT2D eigenvalue weighted by atomic mass is 9.87. The highest BCUT2D eigenvalue weighted by atomic mass is 79.9. The number of aromatic nitrogens is 3. The summed E-state index contributed by atoms with van der Waals surface area (Å²) >= 11 is 3.68. The summed E-state index contributed by atoms with van der Waals surface area (Å²) in [4.78, 5) is 24.2. The molecule has 5 rings (SSSR count). The van der Waals surface area contributed by atoms with Crippen LogP contribution in [-0.4, -0.2) is 51.5 Å². The maximum absolute atomic E-state index is 12.8. The Labute approximate surface area is 240 Å². The summed E-state index contributed by atoms with van der Waals surface area (Å²) in [5.74, 6) is 1.75. The van der Waals surface area contributed by atoms with Gasteiger partial charge in [-0.2, -0.15) is 0 Å². The van der Waals surface area contributed by atoms with Crippen molar-refractivity contribution in [2.45, 2.75) is 45.1 Å². The molecule has 0 saturated carbocycles. The lowest BCUT2D eigenvalue weighted by Crippen LogP contribution is -2.43. The first-order valence-corrected chi connectivity index (χ1v) is 14.0. The second-order valence-corrected chi connectivity index (χ2v) is 12.1. The Hall–Kier alpha value is -3.43. The van der Waals surface area contributed by atoms with Crippen LogP contribution in [0.2, 0.25) is 0 Å². The van der Waals surface area contributed by atoms with E-state index in [0.29, 0.717) is 17.2 Å². The monoisotopic (exact) mass is 594 g/mol. The van der Waals surface area contributed by atoms with Crippen molar-refractivity contribution in [3.63, 3.8) is 0 Å². The standard InChI is InChI=1S/C30H35BrN6O2.2H2/c1-30(2,3)23-16-20(6-8-24(23)31)34-29-35-25-17-21(7-9-27(25)37(29)5)39-22-10-13-32-26(18-22)28(38)33-19-11-14-36(4)15-12-19;;/h6-10,13,16-19H,11-12,14-15H2,1-5H3,(H,33,38)(H,34,35);2*1H. The van der Waals surface area contributed by atoms with Gasteiger partial charge in [-0.15, -0.1) is 0 Å². The van der Waals surface area contributed by atoms with Crippen molar-refractivity contribution in [1.82, 2.24) is 24.8 Å². The number of benzene rings is 2. The molecule has 0 unspecified atom stereocenters. The van der Waals surface area contributed by atoms with Crippen molar-refractivity contribution in [2.75, 3.05) is 25.5 Å². The van der Waals surface area contributed by atoms with E-state index in [9.17, 15) is 4.79 Å². The first kappa shape index (κ1) is 27.1. The molecule has 1 aliphatic heterocycles. The molecule has 0 radical (unpaired) electrons. The predicted molar refractivity (Wildman–Crippen MR) is 163 cm³/mol. The van der Waals surface area contributed by atoms with Crippen molar-refractivity contribution in [3.05, 3.63) is 70.5 Å². The van der Waals surface area contributed by atoms with Crippen molar-refractivity contribution < 1.29 is 12.4 Å². The zero-order valence-electron chi connectivity index (χ0n) is 23.1. The Morgan fingerprint density at radius 1 is 1.05 bits per heavy atom. The molecule has 208 valence electrons. The van der Waals surface area contributed by atoms with Gasteiger partial charge >= 0.3 is 0 Å². The van der Waals surface area contributed by atoms with E-state index < -0.39 is 0 Å². The number of nitrogens with one attached hydrogen (secondary N) is 2. The van der Waals surface area contributed by atoms with E-state index in [-0.39, 0.29) is 20.2 Å². The maximum Gasteiger partial charge on any atom is 0.270 e. The maximum atomic E-state index is 12.8. The Kier molecular flexibility index (Phi) is 7.64. The van der Waals surface area contributed by atoms with Crippen LogP contribution >= 0.6 is 15.9 Å². The van der Waals surface area contributed by atoms with Crippen LogP contribution in [0.3, 0.4) is 0 Å². The zero-order valence-corrected chi connectivity index (χ0v) is 24.7. The molecule has 1 fully saturated rings. The van der Waals surface area contributed by atoms with E-state index in [1.165, 1.54) is 5.56 Å². The molecule has 0 aliphatic carbocycles. The highest BCUT2D eigenvalue weighted by Gasteiger charge is 2.21. The van der Waals surface area contributed by atoms with Crippen LogP contribution in [0, 0.1) is 0 Å². The first-order chi connectivity index (χ1) is 18.6. The molecule has 39 heavy (non-hydrogen) atoms. The lowest BCUT2D eigenvalue weighted by molar-refractivity contribution is 0.0911. The summed E-state index contributed by atoms with van der Waals surface area (Å²) in [6.07, 6.45) is 3.49. The SMILES string of the molecule is CN1CCC(NC(=O)c2cc(Oc3ccc4c(c3)nc(Nc3ccc(Br)c(C(C)(C)C)c3)n4C)ccn2)CC1.[HH].[HH]. The molecule has 2 N–H and O–H groups in total. The number of likely N-dealkylation sites (tertiary alicyclic amines) is 1. The minimum absolute atomic E-state index is 0. The minimum atomic E-state index is -0.173. The Morgan fingerprint density at radius 3 is 2.54 bits per heavy atom. The van der Waals surface area contributed by atoms with Gasteiger partial charge < -0.3 is 24.8 Å². The fourth-order valence-electron chi connectivity index (χ4n) is 4.81. The molecule has 2 aromatic heterocycles. The van der Waals surface area contributed by atoms with E-state index in [0.717, 1.165) is 53.1 Å². The summed E-state index contributed by atoms with van der Waals surface area (Å²) in [7, 11) is 4.09. The molecule has 1 saturated heterocycles. The molecule has 4 aromatic rings. The van der Waals surface area contributed by atoms with E-state index in [2.05, 4.69) is 76.4 Å². The first-order valence-electron chi connectivity index (χ1n) is 13.2. The van der Waals surface area contributed by atoms with Crippen LogP contribution in [0.1, 0.15) is 52.5 Å². The molecule has 2 aromatic carbocycles. The van der Waals surface area contributed by atoms with Crippen LogP contribution in [-0.2, 0) is 12.5 Å². The number of carbonyl (C=O) groups is 1. The van der Waals surface area contributed by atoms with Gasteiger partial charge in [-0.3, -0.25) is 9.78 Å². The van der Waals surface area contributed by atoms with E-state index >= 15 is 0 Å². The number of ether oxygens (including phenoxy) is 1. The van der Waals surface area contributed by atoms with Crippen LogP contribution in [0.5, 0.6) is 11.5 Å². The van der Waals surface area contributed by atoms with Gasteiger partial charge in [0.2, 0.25) is 5.95 Å². The fraction of sp³-hybridized carbons (Fsp3) is 0.367. The average molecular weight is 596 g/mol. The number of anilines is 2. The minimum Gasteiger partial charge on any atom is -0.457 e. The quantitative estimate of drug-likeness (QED) is 0.253. The molecular weight excluding hydrogens is 556 g/mol. The van der Waals surface area contributed by atoms with Crippen LogP contribution in [0.4, 0.5) is 11.6 Å². The fourth-order valence-corrected chi connectivity index (χ4v) is 5.65. The Balaban J connectivity index is 0.00000231. The molecule has 0 spiro atoms. The van der Waals surface area contributed by atoms with Gasteiger partial charge in [0.25, 0.3) is 5.91 Å². The third kappa shape index (κ3) is 6.25. The number of carbonyl (C=O) groups excluding carboxylic acids is 1. The second-order valence-electron chi connectivity index (χ2n) is 11.2. The number of pyridine rings is 1. The van der Waals surface area contributed by atoms with Crippen molar-refractivity contribution in [2.24, 2.45) is 7.05 Å². The summed E-state index contributed by atoms with van der Waals surface area (Å²) in [5, 5.41) is 6.57. The molecule has 0 atom stereocenters. The number of amides is 1. The molecule has 1 aliphatic rings. The van der Waals surface area contributed by atoms with Crippen molar-refractivity contribution >= 4 is 44.5 Å². The van der Waals surface area contributed by atoms with Crippen molar-refractivity contribution in [1.29, 1.82) is 0 Å². The van der Waals surface area contributed by atoms with Gasteiger partial charge in [0.15, 0.2) is 0 Å². The van der Waals surface area contributed by atoms with Gasteiger partial charge in [-0.1, -0.05) is 36.7 Å². The number of aryl methyl sites for hydroxylation is 1. The zero-order chi connectivity index (χ0) is 27.7. The summed E-state index contributed by atoms with van der Waals surface area (Å²) in [5.41, 5.74) is 4.33. The summed E-state index contributed by atoms with van der Waals surface area (Å²) < 4.78 is 9.23. The van der Waals surface area contributed by atoms with Crippen LogP contribution in [0.25, 0.3) is 11.0 Å². The third-order valence-electron chi connectivity index (χ3n) is 7.14. The van der Waals surface area contributed by atoms with Gasteiger partial charge in [-0.05, 0) is 80.4 Å². The lowest BCUT2D eigenvalue weighted by Gasteiger charge is -2.29. The number of fused-ring (bicyclic) bond motifs is 1. The molecule has 0 bridgehead atoms. The van der Waals surface area contributed by atoms with E-state index in [4.69, 9.17) is 9.72 Å². The summed E-state index contributed by atoms with van der Waals surface area (Å²) in [6.45, 7) is 8.55. The number of piperidine rings is 1. The highest BCUT2D eigenvalue weighted by molar-refractivity contribution is 9.10. The molecule has 3 heterocycles. The molecule has 1 amide bonds. The average Bonchev–Trinajstić information content (AvgIpc) is 3.20. The van der Waals surface area contributed by atoms with Gasteiger partial charge in [0.05, 0.1) is 11.0 Å². The smallest absolute Gasteiger partial charge is 0.270 e. The van der Waals surface area contributed by atoms with Crippen molar-refractivity contribution in [3.8, 4) is 11.5 Å². The third-order valence-corrected chi connectivity index (χ3v) is 7.83. The second kappa shape index (κ2) is 11.0. The Morgan fingerprint density at radius 2 is 1.79 bits per heavy atom. The van der Waals surface area contributed by atoms with E-state index in [1.807, 2.05) is 35.9 Å². The number of hydrogen-bond donors (Lipinski definition) is 2.